The fourth-order valence-electron chi connectivity index (χ4n) is 0.231. The van der Waals surface area contributed by atoms with Gasteiger partial charge < -0.3 is 17.7 Å². The Morgan fingerprint density at radius 3 is 1.75 bits per heavy atom. The van der Waals surface area contributed by atoms with Crippen molar-refractivity contribution >= 4 is 0 Å². The molecule has 52 valence electrons. The molecule has 0 fully saturated rings. The molecule has 0 unspecified atom stereocenters. The first-order valence-corrected chi connectivity index (χ1v) is 1.91. The minimum Gasteiger partial charge on any atom is -1.00 e. The average molecular weight is 150 g/mol. The first-order chi connectivity index (χ1) is 3.06. The fraction of sp³-hybridized carbons (Fsp3) is 1.00. The zero-order chi connectivity index (χ0) is 5.91. The number of rotatable bonds is 1. The minimum absolute atomic E-state index is 0. The second kappa shape index (κ2) is 3.97. The van der Waals surface area contributed by atoms with Crippen LogP contribution in [0.4, 0.5) is 13.2 Å². The van der Waals surface area contributed by atoms with Gasteiger partial charge in [0.15, 0.2) is 6.54 Å². The standard InChI is InChI=1S/C3H6F3N.ClH/c1-7-2-3(4,5)6;/h7H,2H2,1H3;1H. The molecule has 0 aliphatic heterocycles. The second-order valence-corrected chi connectivity index (χ2v) is 1.23. The maximum Gasteiger partial charge on any atom is 0.438 e. The molecule has 0 saturated carbocycles. The van der Waals surface area contributed by atoms with Crippen LogP contribution in [0.1, 0.15) is 0 Å². The van der Waals surface area contributed by atoms with Crippen LogP contribution in [0.5, 0.6) is 0 Å². The summed E-state index contributed by atoms with van der Waals surface area (Å²) >= 11 is 0. The molecular formula is C3H7ClF3N. The molecule has 0 aromatic rings. The Bertz CT molecular complexity index is 53.0. The molecule has 2 N–H and O–H groups in total. The highest BCUT2D eigenvalue weighted by Crippen LogP contribution is 2.09. The Labute approximate surface area is 51.7 Å². The van der Waals surface area contributed by atoms with Crippen LogP contribution in [0.15, 0.2) is 0 Å². The lowest BCUT2D eigenvalue weighted by Gasteiger charge is -1.98. The molecule has 0 aliphatic carbocycles. The Morgan fingerprint density at radius 2 is 1.75 bits per heavy atom. The number of hydrogen-bond donors (Lipinski definition) is 1. The van der Waals surface area contributed by atoms with Crippen molar-refractivity contribution in [2.24, 2.45) is 0 Å². The van der Waals surface area contributed by atoms with Gasteiger partial charge in [-0.1, -0.05) is 0 Å². The third-order valence-electron chi connectivity index (χ3n) is 0.436. The summed E-state index contributed by atoms with van der Waals surface area (Å²) in [5.41, 5.74) is 0. The van der Waals surface area contributed by atoms with E-state index in [1.165, 1.54) is 7.05 Å². The topological polar surface area (TPSA) is 16.6 Å². The molecule has 0 rings (SSSR count). The molecule has 0 saturated heterocycles. The first-order valence-electron chi connectivity index (χ1n) is 1.91. The van der Waals surface area contributed by atoms with E-state index in [0.29, 0.717) is 0 Å². The average Bonchev–Trinajstić information content (AvgIpc) is 1.30. The summed E-state index contributed by atoms with van der Waals surface area (Å²) in [5, 5.41) is 1.08. The molecule has 0 atom stereocenters. The molecule has 1 nitrogen and oxygen atoms in total. The number of nitrogens with two attached hydrogens (primary N) is 1. The molecule has 0 amide bonds. The normalized spacial score (nSPS) is 10.5. The van der Waals surface area contributed by atoms with Gasteiger partial charge in [0.2, 0.25) is 0 Å². The molecule has 0 heterocycles. The predicted octanol–water partition coefficient (Wildman–Crippen LogP) is -3.25. The van der Waals surface area contributed by atoms with Crippen LogP contribution in [-0.2, 0) is 0 Å². The molecule has 0 aromatic carbocycles. The lowest BCUT2D eigenvalue weighted by molar-refractivity contribution is -0.650. The van der Waals surface area contributed by atoms with Crippen molar-refractivity contribution in [1.82, 2.24) is 0 Å². The van der Waals surface area contributed by atoms with Crippen LogP contribution < -0.4 is 17.7 Å². The zero-order valence-corrected chi connectivity index (χ0v) is 5.05. The molecule has 0 radical (unpaired) electrons. The molecule has 8 heavy (non-hydrogen) atoms. The lowest BCUT2D eigenvalue weighted by atomic mass is 10.6. The van der Waals surface area contributed by atoms with Crippen LogP contribution in [0.3, 0.4) is 0 Å². The highest BCUT2D eigenvalue weighted by Gasteiger charge is 2.28. The maximum absolute atomic E-state index is 11.0. The van der Waals surface area contributed by atoms with Crippen molar-refractivity contribution in [3.05, 3.63) is 0 Å². The van der Waals surface area contributed by atoms with Crippen molar-refractivity contribution in [3.63, 3.8) is 0 Å². The van der Waals surface area contributed by atoms with E-state index in [0.717, 1.165) is 5.32 Å². The minimum atomic E-state index is -4.01. The Kier molecular flexibility index (Phi) is 5.42. The van der Waals surface area contributed by atoms with Crippen LogP contribution >= 0.6 is 0 Å². The lowest BCUT2D eigenvalue weighted by Crippen LogP contribution is -3.00. The van der Waals surface area contributed by atoms with E-state index in [1.54, 1.807) is 0 Å². The van der Waals surface area contributed by atoms with Gasteiger partial charge in [0.05, 0.1) is 7.05 Å². The number of alkyl halides is 3. The molecule has 0 aromatic heterocycles. The highest BCUT2D eigenvalue weighted by molar-refractivity contribution is 4.38. The maximum atomic E-state index is 11.0. The summed E-state index contributed by atoms with van der Waals surface area (Å²) < 4.78 is 33.1. The van der Waals surface area contributed by atoms with Crippen LogP contribution in [0.25, 0.3) is 0 Å². The van der Waals surface area contributed by atoms with E-state index < -0.39 is 12.7 Å². The predicted molar refractivity (Wildman–Crippen MR) is 18.8 cm³/mol. The van der Waals surface area contributed by atoms with Crippen LogP contribution in [-0.4, -0.2) is 19.8 Å². The van der Waals surface area contributed by atoms with Gasteiger partial charge in [0.1, 0.15) is 0 Å². The fourth-order valence-corrected chi connectivity index (χ4v) is 0.231. The summed E-state index contributed by atoms with van der Waals surface area (Å²) in [7, 11) is 1.38. The number of hydrogen-bond acceptors (Lipinski definition) is 0. The summed E-state index contributed by atoms with van der Waals surface area (Å²) in [4.78, 5) is 0. The summed E-state index contributed by atoms with van der Waals surface area (Å²) in [5.74, 6) is 0. The molecule has 5 heteroatoms. The van der Waals surface area contributed by atoms with Crippen molar-refractivity contribution in [2.75, 3.05) is 13.6 Å². The summed E-state index contributed by atoms with van der Waals surface area (Å²) in [6, 6.07) is 0. The van der Waals surface area contributed by atoms with E-state index in [2.05, 4.69) is 0 Å². The Balaban J connectivity index is 0. The molecular weight excluding hydrogens is 142 g/mol. The second-order valence-electron chi connectivity index (χ2n) is 1.23. The number of quaternary nitrogens is 1. The van der Waals surface area contributed by atoms with Gasteiger partial charge in [0.25, 0.3) is 0 Å². The number of halogens is 4. The van der Waals surface area contributed by atoms with Gasteiger partial charge >= 0.3 is 6.18 Å². The van der Waals surface area contributed by atoms with E-state index in [1.807, 2.05) is 0 Å². The Morgan fingerprint density at radius 1 is 1.38 bits per heavy atom. The van der Waals surface area contributed by atoms with Gasteiger partial charge in [-0.05, 0) is 0 Å². The van der Waals surface area contributed by atoms with Crippen molar-refractivity contribution in [1.29, 1.82) is 0 Å². The Hall–Kier alpha value is 0.0400. The van der Waals surface area contributed by atoms with E-state index in [9.17, 15) is 13.2 Å². The SMILES string of the molecule is C[NH2+]CC(F)(F)F.[Cl-]. The van der Waals surface area contributed by atoms with Crippen LogP contribution in [0.2, 0.25) is 0 Å². The molecule has 0 spiro atoms. The zero-order valence-electron chi connectivity index (χ0n) is 4.30. The quantitative estimate of drug-likeness (QED) is 0.403. The third-order valence-corrected chi connectivity index (χ3v) is 0.436. The first kappa shape index (κ1) is 10.9. The van der Waals surface area contributed by atoms with Crippen LogP contribution in [0, 0.1) is 0 Å². The summed E-state index contributed by atoms with van der Waals surface area (Å²) in [6.45, 7) is -0.785. The van der Waals surface area contributed by atoms with E-state index in [-0.39, 0.29) is 12.4 Å². The van der Waals surface area contributed by atoms with Gasteiger partial charge in [-0.2, -0.15) is 13.2 Å². The summed E-state index contributed by atoms with van der Waals surface area (Å²) in [6.07, 6.45) is -4.01. The molecule has 0 aliphatic rings. The van der Waals surface area contributed by atoms with E-state index in [4.69, 9.17) is 0 Å². The largest absolute Gasteiger partial charge is 1.00 e. The van der Waals surface area contributed by atoms with Crippen molar-refractivity contribution < 1.29 is 30.9 Å². The van der Waals surface area contributed by atoms with Gasteiger partial charge in [-0.25, -0.2) is 0 Å². The van der Waals surface area contributed by atoms with E-state index >= 15 is 0 Å². The van der Waals surface area contributed by atoms with Crippen molar-refractivity contribution in [2.45, 2.75) is 6.18 Å². The third kappa shape index (κ3) is 9.40. The van der Waals surface area contributed by atoms with Crippen molar-refractivity contribution in [3.8, 4) is 0 Å². The van der Waals surface area contributed by atoms with Gasteiger partial charge in [0, 0.05) is 0 Å². The molecule has 0 bridgehead atoms. The van der Waals surface area contributed by atoms with Gasteiger partial charge in [-0.15, -0.1) is 0 Å². The monoisotopic (exact) mass is 149 g/mol. The smallest absolute Gasteiger partial charge is 0.438 e. The highest BCUT2D eigenvalue weighted by atomic mass is 35.5. The van der Waals surface area contributed by atoms with Gasteiger partial charge in [-0.3, -0.25) is 0 Å².